The molecule has 0 spiro atoms. The Morgan fingerprint density at radius 1 is 1.12 bits per heavy atom. The number of aromatic nitrogens is 1. The Hall–Kier alpha value is -1.83. The molecule has 126 valence electrons. The summed E-state index contributed by atoms with van der Waals surface area (Å²) < 4.78 is 31.3. The molecule has 0 amide bonds. The summed E-state index contributed by atoms with van der Waals surface area (Å²) in [6.07, 6.45) is 0. The predicted octanol–water partition coefficient (Wildman–Crippen LogP) is 3.93. The summed E-state index contributed by atoms with van der Waals surface area (Å²) in [5.41, 5.74) is 2.30. The molecule has 1 atom stereocenters. The first-order chi connectivity index (χ1) is 11.4. The maximum Gasteiger partial charge on any atom is 0.257 e. The van der Waals surface area contributed by atoms with Gasteiger partial charge in [0, 0.05) is 19.3 Å². The lowest BCUT2D eigenvalue weighted by Gasteiger charge is -2.10. The van der Waals surface area contributed by atoms with Crippen molar-refractivity contribution in [2.45, 2.75) is 22.3 Å². The fourth-order valence-corrected chi connectivity index (χ4v) is 4.06. The summed E-state index contributed by atoms with van der Waals surface area (Å²) >= 11 is 1.50. The Balaban J connectivity index is 1.89. The molecule has 1 aromatic heterocycles. The highest BCUT2D eigenvalue weighted by atomic mass is 32.2. The van der Waals surface area contributed by atoms with E-state index < -0.39 is 10.0 Å². The molecule has 3 aromatic rings. The second-order valence-corrected chi connectivity index (χ2v) is 9.01. The Labute approximate surface area is 145 Å². The van der Waals surface area contributed by atoms with Gasteiger partial charge in [0.05, 0.1) is 4.90 Å². The molecule has 5 nitrogen and oxygen atoms in total. The molecule has 0 N–H and O–H groups in total. The zero-order valence-electron chi connectivity index (χ0n) is 13.6. The lowest BCUT2D eigenvalue weighted by Crippen LogP contribution is -2.22. The van der Waals surface area contributed by atoms with E-state index in [1.165, 1.54) is 41.8 Å². The molecular weight excluding hydrogens is 344 g/mol. The normalized spacial score (nSPS) is 13.5. The van der Waals surface area contributed by atoms with Gasteiger partial charge in [0.2, 0.25) is 10.0 Å². The van der Waals surface area contributed by atoms with E-state index in [9.17, 15) is 8.42 Å². The van der Waals surface area contributed by atoms with Crippen molar-refractivity contribution in [2.75, 3.05) is 14.1 Å². The van der Waals surface area contributed by atoms with E-state index in [4.69, 9.17) is 4.42 Å². The highest BCUT2D eigenvalue weighted by Gasteiger charge is 2.19. The Morgan fingerprint density at radius 2 is 1.83 bits per heavy atom. The SMILES string of the molecule is C[C@@H](Sc1nc2cc(S(=O)(=O)N(C)C)ccc2o1)c1ccccc1. The van der Waals surface area contributed by atoms with Crippen LogP contribution >= 0.6 is 11.8 Å². The molecule has 0 bridgehead atoms. The maximum absolute atomic E-state index is 12.2. The van der Waals surface area contributed by atoms with Crippen molar-refractivity contribution in [3.05, 3.63) is 54.1 Å². The molecule has 1 heterocycles. The third-order valence-corrected chi connectivity index (χ3v) is 6.48. The Bertz CT molecular complexity index is 950. The molecular formula is C17H18N2O3S2. The molecule has 0 aliphatic rings. The molecule has 0 fully saturated rings. The van der Waals surface area contributed by atoms with Crippen molar-refractivity contribution in [2.24, 2.45) is 0 Å². The van der Waals surface area contributed by atoms with Gasteiger partial charge in [-0.15, -0.1) is 0 Å². The number of benzene rings is 2. The standard InChI is InChI=1S/C17H18N2O3S2/c1-12(13-7-5-4-6-8-13)23-17-18-15-11-14(9-10-16(15)22-17)24(20,21)19(2)3/h4-12H,1-3H3/t12-/m1/s1. The highest BCUT2D eigenvalue weighted by Crippen LogP contribution is 2.36. The van der Waals surface area contributed by atoms with Gasteiger partial charge in [-0.3, -0.25) is 0 Å². The van der Waals surface area contributed by atoms with Crippen LogP contribution in [0.4, 0.5) is 0 Å². The number of hydrogen-bond acceptors (Lipinski definition) is 5. The molecule has 0 aliphatic heterocycles. The van der Waals surface area contributed by atoms with Gasteiger partial charge in [0.25, 0.3) is 5.22 Å². The van der Waals surface area contributed by atoms with Crippen LogP contribution in [-0.4, -0.2) is 31.8 Å². The van der Waals surface area contributed by atoms with Crippen molar-refractivity contribution in [3.63, 3.8) is 0 Å². The van der Waals surface area contributed by atoms with Gasteiger partial charge in [0.1, 0.15) is 5.52 Å². The topological polar surface area (TPSA) is 63.4 Å². The minimum Gasteiger partial charge on any atom is -0.431 e. The molecule has 24 heavy (non-hydrogen) atoms. The van der Waals surface area contributed by atoms with Crippen molar-refractivity contribution in [1.29, 1.82) is 0 Å². The molecule has 0 saturated carbocycles. The third kappa shape index (κ3) is 3.33. The van der Waals surface area contributed by atoms with Crippen molar-refractivity contribution >= 4 is 32.9 Å². The van der Waals surface area contributed by atoms with Crippen LogP contribution in [0.2, 0.25) is 0 Å². The first-order valence-electron chi connectivity index (χ1n) is 7.42. The summed E-state index contributed by atoms with van der Waals surface area (Å²) in [7, 11) is -0.470. The number of hydrogen-bond donors (Lipinski definition) is 0. The first-order valence-corrected chi connectivity index (χ1v) is 9.74. The molecule has 7 heteroatoms. The van der Waals surface area contributed by atoms with Crippen molar-refractivity contribution in [3.8, 4) is 0 Å². The molecule has 3 rings (SSSR count). The number of rotatable bonds is 5. The van der Waals surface area contributed by atoms with Crippen LogP contribution in [-0.2, 0) is 10.0 Å². The van der Waals surface area contributed by atoms with Gasteiger partial charge in [-0.1, -0.05) is 42.1 Å². The number of fused-ring (bicyclic) bond motifs is 1. The van der Waals surface area contributed by atoms with E-state index in [1.54, 1.807) is 12.1 Å². The van der Waals surface area contributed by atoms with Gasteiger partial charge in [-0.2, -0.15) is 0 Å². The number of thioether (sulfide) groups is 1. The second-order valence-electron chi connectivity index (χ2n) is 5.57. The van der Waals surface area contributed by atoms with E-state index in [-0.39, 0.29) is 10.1 Å². The molecule has 0 aliphatic carbocycles. The quantitative estimate of drug-likeness (QED) is 0.644. The summed E-state index contributed by atoms with van der Waals surface area (Å²) in [6, 6.07) is 14.8. The van der Waals surface area contributed by atoms with Gasteiger partial charge >= 0.3 is 0 Å². The van der Waals surface area contributed by atoms with E-state index in [2.05, 4.69) is 24.0 Å². The van der Waals surface area contributed by atoms with Crippen LogP contribution < -0.4 is 0 Å². The number of nitrogens with zero attached hydrogens (tertiary/aromatic N) is 2. The van der Waals surface area contributed by atoms with E-state index >= 15 is 0 Å². The van der Waals surface area contributed by atoms with Gasteiger partial charge in [-0.05, 0) is 30.7 Å². The van der Waals surface area contributed by atoms with Crippen LogP contribution in [0.1, 0.15) is 17.7 Å². The third-order valence-electron chi connectivity index (χ3n) is 3.66. The Morgan fingerprint density at radius 3 is 2.50 bits per heavy atom. The van der Waals surface area contributed by atoms with E-state index in [0.717, 1.165) is 0 Å². The molecule has 0 unspecified atom stereocenters. The average Bonchev–Trinajstić information content (AvgIpc) is 2.96. The summed E-state index contributed by atoms with van der Waals surface area (Å²) in [6.45, 7) is 2.08. The molecule has 0 radical (unpaired) electrons. The minimum atomic E-state index is -3.48. The second kappa shape index (κ2) is 6.58. The van der Waals surface area contributed by atoms with E-state index in [1.807, 2.05) is 18.2 Å². The molecule has 2 aromatic carbocycles. The van der Waals surface area contributed by atoms with Crippen LogP contribution in [0, 0.1) is 0 Å². The summed E-state index contributed by atoms with van der Waals surface area (Å²) in [5, 5.41) is 0.713. The van der Waals surface area contributed by atoms with Gasteiger partial charge in [-0.25, -0.2) is 17.7 Å². The largest absolute Gasteiger partial charge is 0.431 e. The fraction of sp³-hybridized carbons (Fsp3) is 0.235. The maximum atomic E-state index is 12.2. The first kappa shape index (κ1) is 17.0. The zero-order chi connectivity index (χ0) is 17.3. The monoisotopic (exact) mass is 362 g/mol. The van der Waals surface area contributed by atoms with Crippen LogP contribution in [0.15, 0.2) is 63.1 Å². The fourth-order valence-electron chi connectivity index (χ4n) is 2.25. The van der Waals surface area contributed by atoms with Crippen LogP contribution in [0.5, 0.6) is 0 Å². The highest BCUT2D eigenvalue weighted by molar-refractivity contribution is 7.99. The molecule has 0 saturated heterocycles. The van der Waals surface area contributed by atoms with E-state index in [0.29, 0.717) is 16.3 Å². The predicted molar refractivity (Wildman–Crippen MR) is 95.6 cm³/mol. The lowest BCUT2D eigenvalue weighted by molar-refractivity contribution is 0.488. The summed E-state index contributed by atoms with van der Waals surface area (Å²) in [5.74, 6) is 0. The number of oxazole rings is 1. The summed E-state index contributed by atoms with van der Waals surface area (Å²) in [4.78, 5) is 4.63. The minimum absolute atomic E-state index is 0.184. The number of sulfonamides is 1. The average molecular weight is 362 g/mol. The van der Waals surface area contributed by atoms with Gasteiger partial charge in [0.15, 0.2) is 5.58 Å². The van der Waals surface area contributed by atoms with Crippen LogP contribution in [0.25, 0.3) is 11.1 Å². The van der Waals surface area contributed by atoms with Crippen molar-refractivity contribution < 1.29 is 12.8 Å². The van der Waals surface area contributed by atoms with Crippen molar-refractivity contribution in [1.82, 2.24) is 9.29 Å². The van der Waals surface area contributed by atoms with Crippen LogP contribution in [0.3, 0.4) is 0 Å². The lowest BCUT2D eigenvalue weighted by atomic mass is 10.2. The smallest absolute Gasteiger partial charge is 0.257 e. The van der Waals surface area contributed by atoms with Gasteiger partial charge < -0.3 is 4.42 Å². The zero-order valence-corrected chi connectivity index (χ0v) is 15.3. The Kier molecular flexibility index (Phi) is 4.67.